The van der Waals surface area contributed by atoms with Crippen molar-refractivity contribution in [3.63, 3.8) is 0 Å². The average molecular weight is 300 g/mol. The Morgan fingerprint density at radius 2 is 2.05 bits per heavy atom. The Morgan fingerprint density at radius 3 is 2.60 bits per heavy atom. The van der Waals surface area contributed by atoms with E-state index in [0.29, 0.717) is 23.6 Å². The highest BCUT2D eigenvalue weighted by Crippen LogP contribution is 2.33. The first-order valence-corrected chi connectivity index (χ1v) is 8.29. The van der Waals surface area contributed by atoms with Gasteiger partial charge in [0.15, 0.2) is 0 Å². The summed E-state index contributed by atoms with van der Waals surface area (Å²) in [7, 11) is -1.89. The van der Waals surface area contributed by atoms with Crippen molar-refractivity contribution in [2.45, 2.75) is 44.2 Å². The fraction of sp³-hybridized carbons (Fsp3) is 0.571. The summed E-state index contributed by atoms with van der Waals surface area (Å²) in [5, 5.41) is 2.84. The predicted octanol–water partition coefficient (Wildman–Crippen LogP) is 1.93. The van der Waals surface area contributed by atoms with Gasteiger partial charge in [0.05, 0.1) is 4.90 Å². The van der Waals surface area contributed by atoms with Crippen LogP contribution in [-0.4, -0.2) is 21.5 Å². The molecule has 2 N–H and O–H groups in total. The smallest absolute Gasteiger partial charge is 0.240 e. The number of rotatable bonds is 6. The van der Waals surface area contributed by atoms with E-state index in [1.807, 2.05) is 6.92 Å². The molecule has 0 heterocycles. The number of aryl methyl sites for hydroxylation is 1. The van der Waals surface area contributed by atoms with Gasteiger partial charge in [0.2, 0.25) is 10.0 Å². The van der Waals surface area contributed by atoms with Gasteiger partial charge >= 0.3 is 0 Å². The Labute approximate surface area is 119 Å². The van der Waals surface area contributed by atoms with Crippen LogP contribution in [0.4, 0.5) is 4.39 Å². The third-order valence-electron chi connectivity index (χ3n) is 3.65. The Bertz CT molecular complexity index is 597. The lowest BCUT2D eigenvalue weighted by Gasteiger charge is -2.15. The van der Waals surface area contributed by atoms with Crippen LogP contribution in [0.5, 0.6) is 0 Å². The molecule has 1 atom stereocenters. The van der Waals surface area contributed by atoms with Gasteiger partial charge in [0.25, 0.3) is 0 Å². The van der Waals surface area contributed by atoms with Crippen molar-refractivity contribution in [1.82, 2.24) is 10.0 Å². The molecule has 1 aromatic rings. The second-order valence-electron chi connectivity index (χ2n) is 5.49. The minimum absolute atomic E-state index is 0.0712. The molecule has 20 heavy (non-hydrogen) atoms. The topological polar surface area (TPSA) is 58.2 Å². The zero-order valence-electron chi connectivity index (χ0n) is 12.0. The van der Waals surface area contributed by atoms with E-state index < -0.39 is 10.0 Å². The predicted molar refractivity (Wildman–Crippen MR) is 76.4 cm³/mol. The molecule has 112 valence electrons. The first-order valence-electron chi connectivity index (χ1n) is 6.81. The molecular weight excluding hydrogens is 279 g/mol. The molecule has 1 aliphatic rings. The zero-order chi connectivity index (χ0) is 14.9. The molecule has 0 bridgehead atoms. The van der Waals surface area contributed by atoms with E-state index in [4.69, 9.17) is 0 Å². The minimum atomic E-state index is -3.59. The van der Waals surface area contributed by atoms with E-state index in [1.54, 1.807) is 14.0 Å². The fourth-order valence-electron chi connectivity index (χ4n) is 2.29. The number of hydrogen-bond donors (Lipinski definition) is 2. The molecule has 1 aliphatic carbocycles. The highest BCUT2D eigenvalue weighted by atomic mass is 32.2. The van der Waals surface area contributed by atoms with Crippen LogP contribution in [0.15, 0.2) is 17.0 Å². The highest BCUT2D eigenvalue weighted by Gasteiger charge is 2.31. The molecule has 0 radical (unpaired) electrons. The van der Waals surface area contributed by atoms with Crippen molar-refractivity contribution < 1.29 is 12.8 Å². The summed E-state index contributed by atoms with van der Waals surface area (Å²) in [4.78, 5) is 0.133. The second-order valence-corrected chi connectivity index (χ2v) is 7.20. The van der Waals surface area contributed by atoms with Crippen LogP contribution in [0.3, 0.4) is 0 Å². The summed E-state index contributed by atoms with van der Waals surface area (Å²) in [5.74, 6) is 0.0802. The monoisotopic (exact) mass is 300 g/mol. The molecule has 0 aliphatic heterocycles. The van der Waals surface area contributed by atoms with E-state index in [0.717, 1.165) is 12.8 Å². The lowest BCUT2D eigenvalue weighted by atomic mass is 10.1. The van der Waals surface area contributed by atoms with Crippen molar-refractivity contribution in [2.24, 2.45) is 5.92 Å². The highest BCUT2D eigenvalue weighted by molar-refractivity contribution is 7.89. The number of hydrogen-bond acceptors (Lipinski definition) is 3. The van der Waals surface area contributed by atoms with Gasteiger partial charge in [-0.2, -0.15) is 0 Å². The molecule has 1 unspecified atom stereocenters. The molecule has 0 spiro atoms. The van der Waals surface area contributed by atoms with Crippen molar-refractivity contribution in [3.8, 4) is 0 Å². The fourth-order valence-corrected chi connectivity index (χ4v) is 3.73. The summed E-state index contributed by atoms with van der Waals surface area (Å²) in [6, 6.07) is 2.72. The number of sulfonamides is 1. The van der Waals surface area contributed by atoms with Crippen LogP contribution >= 0.6 is 0 Å². The van der Waals surface area contributed by atoms with E-state index in [-0.39, 0.29) is 16.8 Å². The maximum Gasteiger partial charge on any atom is 0.240 e. The quantitative estimate of drug-likeness (QED) is 0.844. The van der Waals surface area contributed by atoms with E-state index in [9.17, 15) is 12.8 Å². The average Bonchev–Trinajstić information content (AvgIpc) is 3.18. The Hall–Kier alpha value is -0.980. The summed E-state index contributed by atoms with van der Waals surface area (Å²) < 4.78 is 41.3. The van der Waals surface area contributed by atoms with Crippen molar-refractivity contribution >= 4 is 10.0 Å². The van der Waals surface area contributed by atoms with E-state index in [2.05, 4.69) is 10.0 Å². The molecule has 4 nitrogen and oxygen atoms in total. The second kappa shape index (κ2) is 5.79. The number of halogens is 1. The summed E-state index contributed by atoms with van der Waals surface area (Å²) in [6.45, 7) is 3.76. The maximum atomic E-state index is 13.9. The molecule has 2 rings (SSSR count). The Kier molecular flexibility index (Phi) is 4.46. The third kappa shape index (κ3) is 3.37. The van der Waals surface area contributed by atoms with Crippen LogP contribution in [0.1, 0.15) is 30.9 Å². The molecular formula is C14H21FN2O2S. The standard InChI is InChI=1S/C14H21FN2O2S/c1-9-6-13(7-12(8-16-3)14(9)15)20(18,19)17-10(2)11-4-5-11/h6-7,10-11,16-17H,4-5,8H2,1-3H3. The maximum absolute atomic E-state index is 13.9. The van der Waals surface area contributed by atoms with Gasteiger partial charge in [-0.3, -0.25) is 0 Å². The summed E-state index contributed by atoms with van der Waals surface area (Å²) in [6.07, 6.45) is 2.13. The van der Waals surface area contributed by atoms with Gasteiger partial charge in [-0.25, -0.2) is 17.5 Å². The van der Waals surface area contributed by atoms with Crippen molar-refractivity contribution in [2.75, 3.05) is 7.05 Å². The van der Waals surface area contributed by atoms with Gasteiger partial charge in [-0.1, -0.05) is 0 Å². The molecule has 1 saturated carbocycles. The molecule has 0 amide bonds. The van der Waals surface area contributed by atoms with Crippen molar-refractivity contribution in [3.05, 3.63) is 29.1 Å². The minimum Gasteiger partial charge on any atom is -0.316 e. The van der Waals surface area contributed by atoms with Gasteiger partial charge in [-0.15, -0.1) is 0 Å². The van der Waals surface area contributed by atoms with Gasteiger partial charge in [0, 0.05) is 18.2 Å². The molecule has 1 aromatic carbocycles. The van der Waals surface area contributed by atoms with Crippen LogP contribution in [0, 0.1) is 18.7 Å². The zero-order valence-corrected chi connectivity index (χ0v) is 12.8. The van der Waals surface area contributed by atoms with Gasteiger partial charge < -0.3 is 5.32 Å². The molecule has 0 aromatic heterocycles. The first-order chi connectivity index (χ1) is 9.35. The van der Waals surface area contributed by atoms with Crippen molar-refractivity contribution in [1.29, 1.82) is 0 Å². The van der Waals surface area contributed by atoms with Crippen LogP contribution in [0.25, 0.3) is 0 Å². The first kappa shape index (κ1) is 15.4. The molecule has 0 saturated heterocycles. The Balaban J connectivity index is 2.30. The lowest BCUT2D eigenvalue weighted by Crippen LogP contribution is -2.34. The van der Waals surface area contributed by atoms with Gasteiger partial charge in [-0.05, 0) is 57.4 Å². The molecule has 6 heteroatoms. The normalized spacial score (nSPS) is 17.2. The SMILES string of the molecule is CNCc1cc(S(=O)(=O)NC(C)C2CC2)cc(C)c1F. The lowest BCUT2D eigenvalue weighted by molar-refractivity contribution is 0.537. The Morgan fingerprint density at radius 1 is 1.40 bits per heavy atom. The summed E-state index contributed by atoms with van der Waals surface area (Å²) >= 11 is 0. The largest absolute Gasteiger partial charge is 0.316 e. The molecule has 1 fully saturated rings. The van der Waals surface area contributed by atoms with E-state index in [1.165, 1.54) is 12.1 Å². The van der Waals surface area contributed by atoms with Gasteiger partial charge in [0.1, 0.15) is 5.82 Å². The van der Waals surface area contributed by atoms with E-state index >= 15 is 0 Å². The van der Waals surface area contributed by atoms with Crippen LogP contribution < -0.4 is 10.0 Å². The number of nitrogens with one attached hydrogen (secondary N) is 2. The van der Waals surface area contributed by atoms with Crippen LogP contribution in [-0.2, 0) is 16.6 Å². The summed E-state index contributed by atoms with van der Waals surface area (Å²) in [5.41, 5.74) is 0.712. The number of benzene rings is 1. The van der Waals surface area contributed by atoms with Crippen LogP contribution in [0.2, 0.25) is 0 Å². The third-order valence-corrected chi connectivity index (χ3v) is 5.19.